The fourth-order valence-electron chi connectivity index (χ4n) is 2.01. The van der Waals surface area contributed by atoms with Crippen molar-refractivity contribution in [2.24, 2.45) is 0 Å². The van der Waals surface area contributed by atoms with Gasteiger partial charge in [0.1, 0.15) is 0 Å². The van der Waals surface area contributed by atoms with Crippen molar-refractivity contribution in [3.05, 3.63) is 29.9 Å². The first kappa shape index (κ1) is 12.3. The minimum atomic E-state index is 0.566. The molecule has 0 aliphatic heterocycles. The average Bonchev–Trinajstić information content (AvgIpc) is 3.13. The summed E-state index contributed by atoms with van der Waals surface area (Å²) in [4.78, 5) is 4.23. The van der Waals surface area contributed by atoms with E-state index in [4.69, 9.17) is 4.42 Å². The lowest BCUT2D eigenvalue weighted by atomic mass is 10.2. The molecule has 5 nitrogen and oxygen atoms in total. The van der Waals surface area contributed by atoms with Crippen LogP contribution in [0.4, 0.5) is 0 Å². The maximum Gasteiger partial charge on any atom is 0.249 e. The normalized spacial score (nSPS) is 14.8. The van der Waals surface area contributed by atoms with Crippen LogP contribution in [0.3, 0.4) is 0 Å². The molecular weight excluding hydrogens is 240 g/mol. The van der Waals surface area contributed by atoms with E-state index in [1.807, 2.05) is 19.1 Å². The molecule has 0 unspecified atom stereocenters. The van der Waals surface area contributed by atoms with Gasteiger partial charge >= 0.3 is 0 Å². The summed E-state index contributed by atoms with van der Waals surface area (Å²) in [5.41, 5.74) is 1.82. The molecule has 3 rings (SSSR count). The number of aryl methyl sites for hydroxylation is 2. The number of nitrogens with one attached hydrogen (secondary N) is 1. The van der Waals surface area contributed by atoms with Crippen LogP contribution in [0.1, 0.15) is 30.8 Å². The quantitative estimate of drug-likeness (QED) is 0.804. The Morgan fingerprint density at radius 1 is 1.37 bits per heavy atom. The second-order valence-electron chi connectivity index (χ2n) is 4.97. The summed E-state index contributed by atoms with van der Waals surface area (Å²) in [5, 5.41) is 11.7. The van der Waals surface area contributed by atoms with Gasteiger partial charge < -0.3 is 9.73 Å². The summed E-state index contributed by atoms with van der Waals surface area (Å²) in [5.74, 6) is 1.27. The van der Waals surface area contributed by atoms with Crippen LogP contribution in [-0.2, 0) is 6.42 Å². The van der Waals surface area contributed by atoms with Gasteiger partial charge in [-0.15, -0.1) is 10.2 Å². The molecule has 0 spiro atoms. The topological polar surface area (TPSA) is 63.8 Å². The smallest absolute Gasteiger partial charge is 0.249 e. The first-order valence-electron chi connectivity index (χ1n) is 6.80. The minimum Gasteiger partial charge on any atom is -0.421 e. The van der Waals surface area contributed by atoms with Crippen LogP contribution < -0.4 is 5.32 Å². The molecule has 1 N–H and O–H groups in total. The summed E-state index contributed by atoms with van der Waals surface area (Å²) in [6, 6.07) is 4.59. The Morgan fingerprint density at radius 3 is 3.05 bits per heavy atom. The van der Waals surface area contributed by atoms with E-state index >= 15 is 0 Å². The van der Waals surface area contributed by atoms with E-state index in [-0.39, 0.29) is 0 Å². The van der Waals surface area contributed by atoms with Crippen molar-refractivity contribution in [3.8, 4) is 11.5 Å². The summed E-state index contributed by atoms with van der Waals surface area (Å²) >= 11 is 0. The third kappa shape index (κ3) is 3.17. The zero-order valence-corrected chi connectivity index (χ0v) is 11.1. The van der Waals surface area contributed by atoms with Gasteiger partial charge in [0.05, 0.1) is 5.56 Å². The maximum absolute atomic E-state index is 5.68. The van der Waals surface area contributed by atoms with Crippen LogP contribution in [0.15, 0.2) is 22.7 Å². The van der Waals surface area contributed by atoms with Crippen molar-refractivity contribution < 1.29 is 4.42 Å². The molecule has 2 aromatic heterocycles. The molecule has 5 heteroatoms. The highest BCUT2D eigenvalue weighted by atomic mass is 16.4. The second kappa shape index (κ2) is 5.48. The summed E-state index contributed by atoms with van der Waals surface area (Å²) in [6.45, 7) is 2.97. The van der Waals surface area contributed by atoms with E-state index in [0.29, 0.717) is 11.8 Å². The monoisotopic (exact) mass is 258 g/mol. The van der Waals surface area contributed by atoms with Gasteiger partial charge in [-0.25, -0.2) is 0 Å². The lowest BCUT2D eigenvalue weighted by molar-refractivity contribution is 0.490. The minimum absolute atomic E-state index is 0.566. The van der Waals surface area contributed by atoms with Crippen molar-refractivity contribution in [3.63, 3.8) is 0 Å². The van der Waals surface area contributed by atoms with Crippen LogP contribution in [-0.4, -0.2) is 27.8 Å². The van der Waals surface area contributed by atoms with E-state index in [1.165, 1.54) is 12.8 Å². The number of hydrogen-bond donors (Lipinski definition) is 1. The molecule has 1 aliphatic rings. The average molecular weight is 258 g/mol. The van der Waals surface area contributed by atoms with Crippen molar-refractivity contribution >= 4 is 0 Å². The SMILES string of the molecule is Cc1ncccc1-c1nnc(CCCNC2CC2)o1. The molecule has 0 atom stereocenters. The Morgan fingerprint density at radius 2 is 2.26 bits per heavy atom. The Bertz CT molecular complexity index is 548. The number of pyridine rings is 1. The van der Waals surface area contributed by atoms with Gasteiger partial charge in [0.2, 0.25) is 11.8 Å². The number of nitrogens with zero attached hydrogens (tertiary/aromatic N) is 3. The lowest BCUT2D eigenvalue weighted by Crippen LogP contribution is -2.17. The van der Waals surface area contributed by atoms with Crippen molar-refractivity contribution in [2.45, 2.75) is 38.6 Å². The van der Waals surface area contributed by atoms with Crippen molar-refractivity contribution in [2.75, 3.05) is 6.54 Å². The Hall–Kier alpha value is -1.75. The zero-order chi connectivity index (χ0) is 13.1. The van der Waals surface area contributed by atoms with E-state index in [0.717, 1.165) is 36.7 Å². The third-order valence-corrected chi connectivity index (χ3v) is 3.28. The summed E-state index contributed by atoms with van der Waals surface area (Å²) in [7, 11) is 0. The van der Waals surface area contributed by atoms with Gasteiger partial charge in [-0.3, -0.25) is 4.98 Å². The van der Waals surface area contributed by atoms with Crippen molar-refractivity contribution in [1.82, 2.24) is 20.5 Å². The number of rotatable bonds is 6. The zero-order valence-electron chi connectivity index (χ0n) is 11.1. The van der Waals surface area contributed by atoms with E-state index in [9.17, 15) is 0 Å². The number of aromatic nitrogens is 3. The highest BCUT2D eigenvalue weighted by molar-refractivity contribution is 5.54. The fraction of sp³-hybridized carbons (Fsp3) is 0.500. The van der Waals surface area contributed by atoms with Gasteiger partial charge in [-0.2, -0.15) is 0 Å². The molecule has 0 amide bonds. The Balaban J connectivity index is 1.57. The molecule has 1 saturated carbocycles. The highest BCUT2D eigenvalue weighted by Crippen LogP contribution is 2.21. The van der Waals surface area contributed by atoms with Crippen LogP contribution >= 0.6 is 0 Å². The molecule has 1 fully saturated rings. The van der Waals surface area contributed by atoms with Crippen molar-refractivity contribution in [1.29, 1.82) is 0 Å². The first-order valence-corrected chi connectivity index (χ1v) is 6.80. The van der Waals surface area contributed by atoms with Gasteiger partial charge in [-0.1, -0.05) is 0 Å². The molecule has 100 valence electrons. The lowest BCUT2D eigenvalue weighted by Gasteiger charge is -2.00. The summed E-state index contributed by atoms with van der Waals surface area (Å²) in [6.07, 6.45) is 6.27. The molecule has 19 heavy (non-hydrogen) atoms. The van der Waals surface area contributed by atoms with Crippen LogP contribution in [0, 0.1) is 6.92 Å². The van der Waals surface area contributed by atoms with E-state index in [1.54, 1.807) is 6.20 Å². The largest absolute Gasteiger partial charge is 0.421 e. The standard InChI is InChI=1S/C14H18N4O/c1-10-12(4-2-8-15-10)14-18-17-13(19-14)5-3-9-16-11-6-7-11/h2,4,8,11,16H,3,5-7,9H2,1H3. The van der Waals surface area contributed by atoms with Gasteiger partial charge in [0.25, 0.3) is 0 Å². The molecule has 0 radical (unpaired) electrons. The molecule has 2 aromatic rings. The van der Waals surface area contributed by atoms with Crippen LogP contribution in [0.2, 0.25) is 0 Å². The highest BCUT2D eigenvalue weighted by Gasteiger charge is 2.19. The van der Waals surface area contributed by atoms with E-state index < -0.39 is 0 Å². The first-order chi connectivity index (χ1) is 9.33. The van der Waals surface area contributed by atoms with Gasteiger partial charge in [0, 0.05) is 24.4 Å². The Labute approximate surface area is 112 Å². The predicted octanol–water partition coefficient (Wildman–Crippen LogP) is 2.12. The van der Waals surface area contributed by atoms with Gasteiger partial charge in [-0.05, 0) is 44.9 Å². The molecular formula is C14H18N4O. The molecule has 1 aliphatic carbocycles. The summed E-state index contributed by atoms with van der Waals surface area (Å²) < 4.78 is 5.68. The molecule has 0 bridgehead atoms. The Kier molecular flexibility index (Phi) is 3.55. The molecule has 0 saturated heterocycles. The fourth-order valence-corrected chi connectivity index (χ4v) is 2.01. The maximum atomic E-state index is 5.68. The third-order valence-electron chi connectivity index (χ3n) is 3.28. The molecule has 0 aromatic carbocycles. The second-order valence-corrected chi connectivity index (χ2v) is 4.97. The molecule has 2 heterocycles. The predicted molar refractivity (Wildman–Crippen MR) is 71.6 cm³/mol. The number of hydrogen-bond acceptors (Lipinski definition) is 5. The van der Waals surface area contributed by atoms with Gasteiger partial charge in [0.15, 0.2) is 0 Å². The van der Waals surface area contributed by atoms with Crippen LogP contribution in [0.5, 0.6) is 0 Å². The van der Waals surface area contributed by atoms with Crippen LogP contribution in [0.25, 0.3) is 11.5 Å². The van der Waals surface area contributed by atoms with E-state index in [2.05, 4.69) is 20.5 Å².